The summed E-state index contributed by atoms with van der Waals surface area (Å²) in [6.45, 7) is 11.9. The van der Waals surface area contributed by atoms with E-state index in [1.54, 1.807) is 6.92 Å². The third-order valence-corrected chi connectivity index (χ3v) is 4.58. The number of ketones is 1. The van der Waals surface area contributed by atoms with Crippen LogP contribution in [0.5, 0.6) is 0 Å². The molecule has 1 amide bonds. The van der Waals surface area contributed by atoms with Crippen molar-refractivity contribution in [3.8, 4) is 0 Å². The molecule has 0 aromatic carbocycles. The zero-order valence-corrected chi connectivity index (χ0v) is 21.1. The molecule has 27 heavy (non-hydrogen) atoms. The van der Waals surface area contributed by atoms with Crippen LogP contribution in [-0.2, 0) is 9.59 Å². The third-order valence-electron chi connectivity index (χ3n) is 4.58. The zero-order chi connectivity index (χ0) is 20.4. The minimum atomic E-state index is 0. The van der Waals surface area contributed by atoms with E-state index in [-0.39, 0.29) is 53.1 Å². The maximum atomic E-state index is 11.5. The number of rotatable bonds is 8. The molecule has 5 heteroatoms. The van der Waals surface area contributed by atoms with Crippen molar-refractivity contribution < 1.29 is 39.1 Å². The van der Waals surface area contributed by atoms with Crippen LogP contribution in [-0.4, -0.2) is 18.2 Å². The van der Waals surface area contributed by atoms with E-state index in [1.165, 1.54) is 39.0 Å². The van der Waals surface area contributed by atoms with Gasteiger partial charge < -0.3 is 11.1 Å². The van der Waals surface area contributed by atoms with Crippen molar-refractivity contribution in [1.82, 2.24) is 5.32 Å². The van der Waals surface area contributed by atoms with E-state index in [0.29, 0.717) is 5.70 Å². The number of hydrogen-bond acceptors (Lipinski definition) is 2. The van der Waals surface area contributed by atoms with Crippen LogP contribution >= 0.6 is 0 Å². The van der Waals surface area contributed by atoms with E-state index in [9.17, 15) is 9.59 Å². The van der Waals surface area contributed by atoms with Gasteiger partial charge in [0.25, 0.3) is 0 Å². The van der Waals surface area contributed by atoms with Gasteiger partial charge in [0.05, 0.1) is 0 Å². The predicted molar refractivity (Wildman–Crippen MR) is 113 cm³/mol. The van der Waals surface area contributed by atoms with Gasteiger partial charge >= 0.3 is 29.6 Å². The van der Waals surface area contributed by atoms with Gasteiger partial charge in [-0.05, 0) is 32.6 Å². The van der Waals surface area contributed by atoms with Crippen molar-refractivity contribution in [2.45, 2.75) is 99.3 Å². The number of carbonyl (C=O) groups excluding carboxylic acids is 2. The van der Waals surface area contributed by atoms with Gasteiger partial charge in [0.15, 0.2) is 0 Å². The first-order valence-corrected chi connectivity index (χ1v) is 10.5. The molecule has 0 heterocycles. The van der Waals surface area contributed by atoms with E-state index in [1.807, 2.05) is 26.8 Å². The van der Waals surface area contributed by atoms with Gasteiger partial charge in [0, 0.05) is 19.4 Å². The van der Waals surface area contributed by atoms with Crippen LogP contribution in [0.4, 0.5) is 0 Å². The van der Waals surface area contributed by atoms with E-state index in [0.717, 1.165) is 32.2 Å². The Morgan fingerprint density at radius 3 is 1.78 bits per heavy atom. The van der Waals surface area contributed by atoms with Crippen molar-refractivity contribution in [3.05, 3.63) is 17.5 Å². The summed E-state index contributed by atoms with van der Waals surface area (Å²) < 4.78 is 0. The molecule has 0 aromatic heterocycles. The molecule has 0 bridgehead atoms. The Morgan fingerprint density at radius 2 is 1.52 bits per heavy atom. The number of hydrogen-bond donors (Lipinski definition) is 1. The molecule has 2 atom stereocenters. The van der Waals surface area contributed by atoms with Gasteiger partial charge in [-0.15, -0.1) is 6.08 Å². The molecule has 1 rings (SSSR count). The molecule has 1 fully saturated rings. The van der Waals surface area contributed by atoms with Crippen LogP contribution in [0.1, 0.15) is 99.3 Å². The number of Topliss-reactive ketones (excluding diaryl/α,β-unsaturated/α-hetero) is 1. The van der Waals surface area contributed by atoms with Gasteiger partial charge in [-0.2, -0.15) is 5.70 Å². The molecular formula is C22H43N2NaO2. The van der Waals surface area contributed by atoms with Gasteiger partial charge in [-0.3, -0.25) is 9.59 Å². The SMILES string of the molecule is C1CCCC1.CC/C=C(\[NH-])C(C)C(CCCC)C(C)=O.CCNC(C)=O.[Na+]. The average molecular weight is 391 g/mol. The quantitative estimate of drug-likeness (QED) is 0.645. The first kappa shape index (κ1) is 31.4. The molecular weight excluding hydrogens is 347 g/mol. The standard InChI is InChI=1S/C13H24NO.C5H10.C4H9NO.Na/c1-5-7-9-12(11(4)15)10(3)13(14)8-6-2;1-2-4-5-3-1;1-3-5-4(2)6;/h8,10,12,14H,5-7,9H2,1-4H3;1-5H2;3H2,1-2H3,(H,5,6);/q-1;;;+1/b13-8-;;;. The van der Waals surface area contributed by atoms with Crippen LogP contribution < -0.4 is 34.9 Å². The molecule has 4 nitrogen and oxygen atoms in total. The fourth-order valence-corrected chi connectivity index (χ4v) is 2.98. The summed E-state index contributed by atoms with van der Waals surface area (Å²) in [5.74, 6) is 0.386. The largest absolute Gasteiger partial charge is 1.00 e. The Balaban J connectivity index is -0.000000392. The minimum Gasteiger partial charge on any atom is -0.702 e. The first-order valence-electron chi connectivity index (χ1n) is 10.5. The van der Waals surface area contributed by atoms with Gasteiger partial charge in [0.1, 0.15) is 5.78 Å². The summed E-state index contributed by atoms with van der Waals surface area (Å²) >= 11 is 0. The number of amides is 1. The first-order chi connectivity index (χ1) is 12.3. The molecule has 0 radical (unpaired) electrons. The number of carbonyl (C=O) groups is 2. The third kappa shape index (κ3) is 20.2. The van der Waals surface area contributed by atoms with Crippen molar-refractivity contribution in [2.24, 2.45) is 11.8 Å². The maximum Gasteiger partial charge on any atom is 1.00 e. The smallest absolute Gasteiger partial charge is 0.702 e. The number of unbranched alkanes of at least 4 members (excludes halogenated alkanes) is 1. The number of allylic oxidation sites excluding steroid dienone is 2. The van der Waals surface area contributed by atoms with Crippen molar-refractivity contribution >= 4 is 11.7 Å². The Hall–Kier alpha value is -0.320. The topological polar surface area (TPSA) is 70.0 Å². The Labute approximate surface area is 190 Å². The second-order valence-corrected chi connectivity index (χ2v) is 7.07. The van der Waals surface area contributed by atoms with Gasteiger partial charge in [0.2, 0.25) is 5.91 Å². The van der Waals surface area contributed by atoms with Gasteiger partial charge in [-0.1, -0.05) is 65.7 Å². The molecule has 0 aliphatic heterocycles. The molecule has 2 N–H and O–H groups in total. The fraction of sp³-hybridized carbons (Fsp3) is 0.818. The summed E-state index contributed by atoms with van der Waals surface area (Å²) in [5.41, 5.74) is 8.47. The summed E-state index contributed by atoms with van der Waals surface area (Å²) in [5, 5.41) is 2.57. The van der Waals surface area contributed by atoms with Crippen LogP contribution in [0, 0.1) is 11.8 Å². The Morgan fingerprint density at radius 1 is 1.04 bits per heavy atom. The Kier molecular flexibility index (Phi) is 25.5. The van der Waals surface area contributed by atoms with Crippen LogP contribution in [0.15, 0.2) is 11.8 Å². The summed E-state index contributed by atoms with van der Waals surface area (Å²) in [7, 11) is 0. The molecule has 0 saturated heterocycles. The van der Waals surface area contributed by atoms with E-state index in [4.69, 9.17) is 5.73 Å². The van der Waals surface area contributed by atoms with Crippen LogP contribution in [0.3, 0.4) is 0 Å². The predicted octanol–water partition coefficient (Wildman–Crippen LogP) is 3.46. The Bertz CT molecular complexity index is 386. The summed E-state index contributed by atoms with van der Waals surface area (Å²) in [6.07, 6.45) is 13.4. The molecule has 0 spiro atoms. The van der Waals surface area contributed by atoms with Crippen LogP contribution in [0.2, 0.25) is 0 Å². The molecule has 0 aromatic rings. The second-order valence-electron chi connectivity index (χ2n) is 7.07. The van der Waals surface area contributed by atoms with Crippen molar-refractivity contribution in [3.63, 3.8) is 0 Å². The molecule has 154 valence electrons. The van der Waals surface area contributed by atoms with E-state index in [2.05, 4.69) is 12.2 Å². The summed E-state index contributed by atoms with van der Waals surface area (Å²) in [6, 6.07) is 0. The second kappa shape index (κ2) is 22.0. The number of nitrogens with one attached hydrogen (secondary N) is 2. The summed E-state index contributed by atoms with van der Waals surface area (Å²) in [4.78, 5) is 21.4. The maximum absolute atomic E-state index is 11.5. The van der Waals surface area contributed by atoms with Crippen LogP contribution in [0.25, 0.3) is 5.73 Å². The van der Waals surface area contributed by atoms with Crippen molar-refractivity contribution in [1.29, 1.82) is 0 Å². The fourth-order valence-electron chi connectivity index (χ4n) is 2.98. The molecule has 2 unspecified atom stereocenters. The molecule has 1 aliphatic carbocycles. The zero-order valence-electron chi connectivity index (χ0n) is 19.1. The average Bonchev–Trinajstić information content (AvgIpc) is 3.15. The monoisotopic (exact) mass is 390 g/mol. The molecule has 1 saturated carbocycles. The minimum absolute atomic E-state index is 0. The van der Waals surface area contributed by atoms with Gasteiger partial charge in [-0.25, -0.2) is 0 Å². The van der Waals surface area contributed by atoms with Crippen molar-refractivity contribution in [2.75, 3.05) is 6.54 Å². The van der Waals surface area contributed by atoms with E-state index < -0.39 is 0 Å². The molecule has 1 aliphatic rings. The van der Waals surface area contributed by atoms with E-state index >= 15 is 0 Å². The normalized spacial score (nSPS) is 15.1.